The lowest BCUT2D eigenvalue weighted by Gasteiger charge is -2.13. The van der Waals surface area contributed by atoms with Gasteiger partial charge < -0.3 is 9.88 Å². The lowest BCUT2D eigenvalue weighted by molar-refractivity contribution is 0.548. The van der Waals surface area contributed by atoms with Crippen molar-refractivity contribution < 1.29 is 0 Å². The van der Waals surface area contributed by atoms with Gasteiger partial charge in [0.05, 0.1) is 6.54 Å². The van der Waals surface area contributed by atoms with E-state index < -0.39 is 0 Å². The molecule has 2 rings (SSSR count). The average molecular weight is 342 g/mol. The van der Waals surface area contributed by atoms with Gasteiger partial charge in [0.15, 0.2) is 0 Å². The zero-order chi connectivity index (χ0) is 12.3. The number of hydrogen-bond acceptors (Lipinski definition) is 3. The Labute approximate surface area is 115 Å². The van der Waals surface area contributed by atoms with Gasteiger partial charge in [-0.25, -0.2) is 0 Å². The smallest absolute Gasteiger partial charge is 0.146 e. The minimum Gasteiger partial charge on any atom is -0.320 e. The van der Waals surface area contributed by atoms with Gasteiger partial charge in [-0.1, -0.05) is 12.1 Å². The number of halogens is 1. The summed E-state index contributed by atoms with van der Waals surface area (Å²) in [6.45, 7) is 2.88. The summed E-state index contributed by atoms with van der Waals surface area (Å²) in [5.74, 6) is 0.947. The maximum Gasteiger partial charge on any atom is 0.146 e. The van der Waals surface area contributed by atoms with Crippen LogP contribution in [0.5, 0.6) is 0 Å². The first kappa shape index (κ1) is 12.5. The molecule has 0 aliphatic heterocycles. The summed E-state index contributed by atoms with van der Waals surface area (Å²) in [5.41, 5.74) is 1.28. The van der Waals surface area contributed by atoms with Crippen molar-refractivity contribution in [2.24, 2.45) is 7.05 Å². The fourth-order valence-electron chi connectivity index (χ4n) is 1.58. The standard InChI is InChI=1S/C12H15IN4/c1-9(10-3-5-11(13)6-4-10)14-7-12-16-15-8-17(12)2/h3-6,8-9,14H,7H2,1-2H3. The first-order valence-electron chi connectivity index (χ1n) is 5.48. The summed E-state index contributed by atoms with van der Waals surface area (Å²) < 4.78 is 3.18. The fourth-order valence-corrected chi connectivity index (χ4v) is 1.94. The van der Waals surface area contributed by atoms with Crippen molar-refractivity contribution in [3.8, 4) is 0 Å². The predicted molar refractivity (Wildman–Crippen MR) is 75.4 cm³/mol. The van der Waals surface area contributed by atoms with Crippen LogP contribution in [-0.4, -0.2) is 14.8 Å². The minimum atomic E-state index is 0.309. The highest BCUT2D eigenvalue weighted by Gasteiger charge is 2.06. The quantitative estimate of drug-likeness (QED) is 0.867. The highest BCUT2D eigenvalue weighted by atomic mass is 127. The van der Waals surface area contributed by atoms with Crippen LogP contribution in [0.25, 0.3) is 0 Å². The Balaban J connectivity index is 1.95. The lowest BCUT2D eigenvalue weighted by Crippen LogP contribution is -2.20. The van der Waals surface area contributed by atoms with Crippen molar-refractivity contribution in [3.63, 3.8) is 0 Å². The molecule has 5 heteroatoms. The van der Waals surface area contributed by atoms with Crippen LogP contribution in [0.1, 0.15) is 24.4 Å². The molecule has 0 radical (unpaired) electrons. The van der Waals surface area contributed by atoms with E-state index in [4.69, 9.17) is 0 Å². The largest absolute Gasteiger partial charge is 0.320 e. The third-order valence-corrected chi connectivity index (χ3v) is 3.46. The van der Waals surface area contributed by atoms with E-state index in [1.165, 1.54) is 9.13 Å². The van der Waals surface area contributed by atoms with E-state index in [1.807, 2.05) is 11.6 Å². The van der Waals surface area contributed by atoms with Crippen LogP contribution in [0, 0.1) is 3.57 Å². The Morgan fingerprint density at radius 2 is 2.06 bits per heavy atom. The van der Waals surface area contributed by atoms with Crippen molar-refractivity contribution in [2.75, 3.05) is 0 Å². The summed E-state index contributed by atoms with van der Waals surface area (Å²) in [4.78, 5) is 0. The van der Waals surface area contributed by atoms with Gasteiger partial charge in [-0.2, -0.15) is 0 Å². The highest BCUT2D eigenvalue weighted by Crippen LogP contribution is 2.14. The summed E-state index contributed by atoms with van der Waals surface area (Å²) in [5, 5.41) is 11.3. The zero-order valence-corrected chi connectivity index (χ0v) is 12.0. The number of rotatable bonds is 4. The lowest BCUT2D eigenvalue weighted by atomic mass is 10.1. The number of aryl methyl sites for hydroxylation is 1. The van der Waals surface area contributed by atoms with E-state index in [0.717, 1.165) is 12.4 Å². The zero-order valence-electron chi connectivity index (χ0n) is 9.89. The van der Waals surface area contributed by atoms with E-state index in [1.54, 1.807) is 6.33 Å². The molecule has 0 bridgehead atoms. The molecule has 0 saturated carbocycles. The summed E-state index contributed by atoms with van der Waals surface area (Å²) in [6.07, 6.45) is 1.71. The molecule has 90 valence electrons. The number of benzene rings is 1. The number of nitrogens with one attached hydrogen (secondary N) is 1. The molecule has 1 N–H and O–H groups in total. The third-order valence-electron chi connectivity index (χ3n) is 2.74. The van der Waals surface area contributed by atoms with Crippen LogP contribution in [0.15, 0.2) is 30.6 Å². The Morgan fingerprint density at radius 3 is 2.65 bits per heavy atom. The Bertz CT molecular complexity index is 478. The normalized spacial score (nSPS) is 12.6. The maximum atomic E-state index is 4.04. The molecule has 1 unspecified atom stereocenters. The second-order valence-corrected chi connectivity index (χ2v) is 5.26. The first-order valence-corrected chi connectivity index (χ1v) is 6.56. The van der Waals surface area contributed by atoms with Crippen LogP contribution in [0.3, 0.4) is 0 Å². The van der Waals surface area contributed by atoms with Crippen molar-refractivity contribution in [1.29, 1.82) is 0 Å². The monoisotopic (exact) mass is 342 g/mol. The van der Waals surface area contributed by atoms with Crippen molar-refractivity contribution in [3.05, 3.63) is 45.6 Å². The molecule has 0 aliphatic carbocycles. The molecule has 1 aromatic heterocycles. The molecule has 17 heavy (non-hydrogen) atoms. The molecule has 0 aliphatic rings. The minimum absolute atomic E-state index is 0.309. The third kappa shape index (κ3) is 3.26. The van der Waals surface area contributed by atoms with Crippen LogP contribution < -0.4 is 5.32 Å². The summed E-state index contributed by atoms with van der Waals surface area (Å²) >= 11 is 2.31. The number of hydrogen-bond donors (Lipinski definition) is 1. The van der Waals surface area contributed by atoms with Crippen LogP contribution in [-0.2, 0) is 13.6 Å². The Hall–Kier alpha value is -0.950. The van der Waals surface area contributed by atoms with Gasteiger partial charge in [-0.15, -0.1) is 10.2 Å². The molecule has 0 amide bonds. The number of nitrogens with zero attached hydrogens (tertiary/aromatic N) is 3. The van der Waals surface area contributed by atoms with E-state index in [9.17, 15) is 0 Å². The Morgan fingerprint density at radius 1 is 1.35 bits per heavy atom. The van der Waals surface area contributed by atoms with Crippen LogP contribution >= 0.6 is 22.6 Å². The first-order chi connectivity index (χ1) is 8.16. The molecule has 1 atom stereocenters. The molecule has 0 fully saturated rings. The second-order valence-electron chi connectivity index (χ2n) is 4.01. The van der Waals surface area contributed by atoms with Crippen molar-refractivity contribution in [1.82, 2.24) is 20.1 Å². The van der Waals surface area contributed by atoms with Gasteiger partial charge in [-0.3, -0.25) is 0 Å². The van der Waals surface area contributed by atoms with E-state index in [-0.39, 0.29) is 0 Å². The van der Waals surface area contributed by atoms with Gasteiger partial charge in [-0.05, 0) is 47.2 Å². The van der Waals surface area contributed by atoms with Gasteiger partial charge >= 0.3 is 0 Å². The highest BCUT2D eigenvalue weighted by molar-refractivity contribution is 14.1. The molecule has 2 aromatic rings. The molecule has 0 saturated heterocycles. The van der Waals surface area contributed by atoms with E-state index >= 15 is 0 Å². The van der Waals surface area contributed by atoms with Gasteiger partial charge in [0, 0.05) is 16.7 Å². The molecule has 4 nitrogen and oxygen atoms in total. The topological polar surface area (TPSA) is 42.7 Å². The fraction of sp³-hybridized carbons (Fsp3) is 0.333. The molecule has 1 aromatic carbocycles. The molecular formula is C12H15IN4. The number of aromatic nitrogens is 3. The SMILES string of the molecule is CC(NCc1nncn1C)c1ccc(I)cc1. The van der Waals surface area contributed by atoms with Gasteiger partial charge in [0.2, 0.25) is 0 Å². The van der Waals surface area contributed by atoms with Crippen LogP contribution in [0.2, 0.25) is 0 Å². The van der Waals surface area contributed by atoms with Gasteiger partial charge in [0.25, 0.3) is 0 Å². The van der Waals surface area contributed by atoms with Crippen LogP contribution in [0.4, 0.5) is 0 Å². The molecular weight excluding hydrogens is 327 g/mol. The van der Waals surface area contributed by atoms with E-state index in [0.29, 0.717) is 6.04 Å². The van der Waals surface area contributed by atoms with E-state index in [2.05, 4.69) is 69.3 Å². The van der Waals surface area contributed by atoms with Gasteiger partial charge in [0.1, 0.15) is 12.2 Å². The summed E-state index contributed by atoms with van der Waals surface area (Å²) in [7, 11) is 1.95. The predicted octanol–water partition coefficient (Wildman–Crippen LogP) is 2.27. The van der Waals surface area contributed by atoms with Crippen molar-refractivity contribution >= 4 is 22.6 Å². The average Bonchev–Trinajstić information content (AvgIpc) is 2.73. The maximum absolute atomic E-state index is 4.04. The summed E-state index contributed by atoms with van der Waals surface area (Å²) in [6, 6.07) is 8.85. The molecule has 1 heterocycles. The Kier molecular flexibility index (Phi) is 4.11. The van der Waals surface area contributed by atoms with Crippen molar-refractivity contribution in [2.45, 2.75) is 19.5 Å². The molecule has 0 spiro atoms. The second kappa shape index (κ2) is 5.59.